The molecule has 0 heterocycles. The Morgan fingerprint density at radius 3 is 2.11 bits per heavy atom. The van der Waals surface area contributed by atoms with E-state index in [-0.39, 0.29) is 5.91 Å². The van der Waals surface area contributed by atoms with Crippen molar-refractivity contribution in [1.82, 2.24) is 5.32 Å². The van der Waals surface area contributed by atoms with Crippen LogP contribution in [0.5, 0.6) is 11.5 Å². The van der Waals surface area contributed by atoms with Crippen LogP contribution in [0, 0.1) is 12.3 Å². The average molecular weight is 247 g/mol. The van der Waals surface area contributed by atoms with Crippen LogP contribution in [-0.2, 0) is 0 Å². The Bertz CT molecular complexity index is 464. The highest BCUT2D eigenvalue weighted by Crippen LogP contribution is 2.22. The molecule has 1 aromatic rings. The Morgan fingerprint density at radius 2 is 1.72 bits per heavy atom. The van der Waals surface area contributed by atoms with Crippen molar-refractivity contribution in [2.45, 2.75) is 19.4 Å². The van der Waals surface area contributed by atoms with Crippen molar-refractivity contribution in [3.8, 4) is 23.8 Å². The smallest absolute Gasteiger partial charge is 0.252 e. The van der Waals surface area contributed by atoms with Crippen molar-refractivity contribution in [3.63, 3.8) is 0 Å². The third-order valence-corrected chi connectivity index (χ3v) is 2.40. The summed E-state index contributed by atoms with van der Waals surface area (Å²) in [7, 11) is 3.06. The van der Waals surface area contributed by atoms with Gasteiger partial charge in [0.15, 0.2) is 0 Å². The molecule has 0 aliphatic carbocycles. The highest BCUT2D eigenvalue weighted by molar-refractivity contribution is 5.95. The van der Waals surface area contributed by atoms with E-state index in [0.29, 0.717) is 17.1 Å². The summed E-state index contributed by atoms with van der Waals surface area (Å²) in [5.74, 6) is 3.34. The number of rotatable bonds is 4. The van der Waals surface area contributed by atoms with Gasteiger partial charge in [-0.1, -0.05) is 5.92 Å². The van der Waals surface area contributed by atoms with Gasteiger partial charge in [-0.15, -0.1) is 6.42 Å². The van der Waals surface area contributed by atoms with Crippen LogP contribution in [0.3, 0.4) is 0 Å². The van der Waals surface area contributed by atoms with Crippen molar-refractivity contribution in [1.29, 1.82) is 0 Å². The molecule has 18 heavy (non-hydrogen) atoms. The standard InChI is InChI=1S/C14H17NO3/c1-6-14(2,3)15-13(16)10-7-11(17-4)9-12(8-10)18-5/h1,7-9H,2-5H3,(H,15,16). The normalized spacial score (nSPS) is 10.4. The highest BCUT2D eigenvalue weighted by Gasteiger charge is 2.19. The SMILES string of the molecule is C#CC(C)(C)NC(=O)c1cc(OC)cc(OC)c1. The number of nitrogens with one attached hydrogen (secondary N) is 1. The highest BCUT2D eigenvalue weighted by atomic mass is 16.5. The van der Waals surface area contributed by atoms with Crippen molar-refractivity contribution in [2.75, 3.05) is 14.2 Å². The minimum absolute atomic E-state index is 0.268. The number of hydrogen-bond donors (Lipinski definition) is 1. The van der Waals surface area contributed by atoms with E-state index >= 15 is 0 Å². The van der Waals surface area contributed by atoms with E-state index in [4.69, 9.17) is 15.9 Å². The van der Waals surface area contributed by atoms with Gasteiger partial charge < -0.3 is 14.8 Å². The van der Waals surface area contributed by atoms with Crippen molar-refractivity contribution in [2.24, 2.45) is 0 Å². The molecule has 0 aromatic heterocycles. The Morgan fingerprint density at radius 1 is 1.22 bits per heavy atom. The van der Waals surface area contributed by atoms with Gasteiger partial charge >= 0.3 is 0 Å². The molecule has 1 amide bonds. The topological polar surface area (TPSA) is 47.6 Å². The average Bonchev–Trinajstić information content (AvgIpc) is 2.37. The van der Waals surface area contributed by atoms with Crippen LogP contribution in [0.15, 0.2) is 18.2 Å². The van der Waals surface area contributed by atoms with Crippen molar-refractivity contribution in [3.05, 3.63) is 23.8 Å². The number of ether oxygens (including phenoxy) is 2. The number of hydrogen-bond acceptors (Lipinski definition) is 3. The van der Waals surface area contributed by atoms with Crippen LogP contribution in [-0.4, -0.2) is 25.7 Å². The van der Waals surface area contributed by atoms with Gasteiger partial charge in [-0.2, -0.15) is 0 Å². The molecule has 0 radical (unpaired) electrons. The molecule has 0 atom stereocenters. The van der Waals surface area contributed by atoms with Crippen molar-refractivity contribution >= 4 is 5.91 Å². The number of amides is 1. The van der Waals surface area contributed by atoms with Gasteiger partial charge in [-0.25, -0.2) is 0 Å². The van der Waals surface area contributed by atoms with Crippen molar-refractivity contribution < 1.29 is 14.3 Å². The van der Waals surface area contributed by atoms with Gasteiger partial charge in [-0.3, -0.25) is 4.79 Å². The third kappa shape index (κ3) is 3.42. The van der Waals surface area contributed by atoms with E-state index in [9.17, 15) is 4.79 Å². The quantitative estimate of drug-likeness (QED) is 0.826. The summed E-state index contributed by atoms with van der Waals surface area (Å²) in [6.45, 7) is 3.50. The van der Waals surface area contributed by atoms with Gasteiger partial charge in [0.1, 0.15) is 11.5 Å². The molecule has 0 saturated heterocycles. The van der Waals surface area contributed by atoms with Gasteiger partial charge in [0.05, 0.1) is 19.8 Å². The molecular formula is C14H17NO3. The fourth-order valence-electron chi connectivity index (χ4n) is 1.33. The minimum atomic E-state index is -0.701. The molecule has 0 aliphatic rings. The Balaban J connectivity index is 3.02. The molecule has 4 nitrogen and oxygen atoms in total. The maximum Gasteiger partial charge on any atom is 0.252 e. The van der Waals surface area contributed by atoms with Crippen LogP contribution >= 0.6 is 0 Å². The lowest BCUT2D eigenvalue weighted by atomic mass is 10.1. The molecule has 4 heteroatoms. The summed E-state index contributed by atoms with van der Waals surface area (Å²) in [6.07, 6.45) is 5.33. The molecule has 0 fully saturated rings. The fraction of sp³-hybridized carbons (Fsp3) is 0.357. The Kier molecular flexibility index (Phi) is 4.22. The molecule has 1 rings (SSSR count). The zero-order valence-corrected chi connectivity index (χ0v) is 11.0. The second-order valence-corrected chi connectivity index (χ2v) is 4.32. The molecule has 96 valence electrons. The Hall–Kier alpha value is -2.15. The van der Waals surface area contributed by atoms with Gasteiger partial charge in [0, 0.05) is 11.6 Å². The summed E-state index contributed by atoms with van der Waals surface area (Å²) in [5, 5.41) is 2.74. The second-order valence-electron chi connectivity index (χ2n) is 4.32. The lowest BCUT2D eigenvalue weighted by Crippen LogP contribution is -2.42. The van der Waals surface area contributed by atoms with Gasteiger partial charge in [-0.05, 0) is 26.0 Å². The first-order chi connectivity index (χ1) is 8.41. The largest absolute Gasteiger partial charge is 0.497 e. The first kappa shape index (κ1) is 13.9. The maximum atomic E-state index is 12.0. The number of carbonyl (C=O) groups is 1. The molecule has 1 aromatic carbocycles. The van der Waals surface area contributed by atoms with Crippen LogP contribution in [0.4, 0.5) is 0 Å². The summed E-state index contributed by atoms with van der Waals surface area (Å²) < 4.78 is 10.2. The molecule has 0 aliphatic heterocycles. The third-order valence-electron chi connectivity index (χ3n) is 2.40. The van der Waals surface area contributed by atoms with Gasteiger partial charge in [0.2, 0.25) is 0 Å². The maximum absolute atomic E-state index is 12.0. The molecule has 0 unspecified atom stereocenters. The zero-order valence-electron chi connectivity index (χ0n) is 11.0. The second kappa shape index (κ2) is 5.46. The van der Waals surface area contributed by atoms with E-state index in [0.717, 1.165) is 0 Å². The first-order valence-corrected chi connectivity index (χ1v) is 5.45. The molecule has 0 saturated carbocycles. The van der Waals surface area contributed by atoms with E-state index in [1.165, 1.54) is 14.2 Å². The predicted octanol–water partition coefficient (Wildman–Crippen LogP) is 1.85. The molecule has 0 bridgehead atoms. The van der Waals surface area contributed by atoms with E-state index in [1.54, 1.807) is 32.0 Å². The van der Waals surface area contributed by atoms with E-state index < -0.39 is 5.54 Å². The monoisotopic (exact) mass is 247 g/mol. The zero-order chi connectivity index (χ0) is 13.8. The number of carbonyl (C=O) groups excluding carboxylic acids is 1. The first-order valence-electron chi connectivity index (χ1n) is 5.45. The summed E-state index contributed by atoms with van der Waals surface area (Å²) in [5.41, 5.74) is -0.262. The van der Waals surface area contributed by atoms with Crippen LogP contribution < -0.4 is 14.8 Å². The lowest BCUT2D eigenvalue weighted by Gasteiger charge is -2.20. The Labute approximate surface area is 107 Å². The number of benzene rings is 1. The molecule has 1 N–H and O–H groups in total. The van der Waals surface area contributed by atoms with E-state index in [2.05, 4.69) is 11.2 Å². The number of terminal acetylenes is 1. The summed E-state index contributed by atoms with van der Waals surface area (Å²) >= 11 is 0. The molecule has 0 spiro atoms. The summed E-state index contributed by atoms with van der Waals surface area (Å²) in [6, 6.07) is 4.96. The lowest BCUT2D eigenvalue weighted by molar-refractivity contribution is 0.0929. The van der Waals surface area contributed by atoms with E-state index in [1.807, 2.05) is 0 Å². The van der Waals surface area contributed by atoms with Crippen LogP contribution in [0.2, 0.25) is 0 Å². The van der Waals surface area contributed by atoms with Gasteiger partial charge in [0.25, 0.3) is 5.91 Å². The summed E-state index contributed by atoms with van der Waals surface area (Å²) in [4.78, 5) is 12.0. The predicted molar refractivity (Wildman–Crippen MR) is 69.9 cm³/mol. The minimum Gasteiger partial charge on any atom is -0.497 e. The van der Waals surface area contributed by atoms with Crippen LogP contribution in [0.25, 0.3) is 0 Å². The molecular weight excluding hydrogens is 230 g/mol. The van der Waals surface area contributed by atoms with Crippen LogP contribution in [0.1, 0.15) is 24.2 Å². The fourth-order valence-corrected chi connectivity index (χ4v) is 1.33. The number of methoxy groups -OCH3 is 2.